The zero-order valence-corrected chi connectivity index (χ0v) is 10.9. The van der Waals surface area contributed by atoms with Crippen LogP contribution in [0.1, 0.15) is 28.3 Å². The number of rotatable bonds is 1. The van der Waals surface area contributed by atoms with Crippen LogP contribution in [0.3, 0.4) is 0 Å². The van der Waals surface area contributed by atoms with Crippen LogP contribution < -0.4 is 0 Å². The highest BCUT2D eigenvalue weighted by atomic mass is 32.2. The Morgan fingerprint density at radius 1 is 1.11 bits per heavy atom. The van der Waals surface area contributed by atoms with Gasteiger partial charge in [0, 0.05) is 16.4 Å². The molecule has 1 nitrogen and oxygen atoms in total. The Morgan fingerprint density at radius 3 is 2.58 bits per heavy atom. The molecule has 1 spiro atoms. The summed E-state index contributed by atoms with van der Waals surface area (Å²) in [5, 5.41) is 0. The molecule has 4 rings (SSSR count). The van der Waals surface area contributed by atoms with Gasteiger partial charge in [0.25, 0.3) is 0 Å². The van der Waals surface area contributed by atoms with E-state index < -0.39 is 0 Å². The minimum atomic E-state index is -0.318. The Labute approximate surface area is 114 Å². The number of benzene rings is 2. The summed E-state index contributed by atoms with van der Waals surface area (Å²) in [5.74, 6) is 0.229. The van der Waals surface area contributed by atoms with Gasteiger partial charge in [0.05, 0.1) is 4.75 Å². The molecule has 0 bridgehead atoms. The van der Waals surface area contributed by atoms with Gasteiger partial charge in [0.1, 0.15) is 5.82 Å². The van der Waals surface area contributed by atoms with E-state index in [0.29, 0.717) is 0 Å². The topological polar surface area (TPSA) is 17.1 Å². The number of hydrogen-bond acceptors (Lipinski definition) is 2. The van der Waals surface area contributed by atoms with E-state index in [1.54, 1.807) is 23.9 Å². The fourth-order valence-electron chi connectivity index (χ4n) is 2.90. The standard InChI is InChI=1S/C16H11FOS/c17-11-7-5-10(6-8-11)13-9-16(13)15(18)12-3-1-2-4-14(12)19-16/h1-8,13H,9H2/t13-,16-/m1/s1. The van der Waals surface area contributed by atoms with Crippen LogP contribution in [0.2, 0.25) is 0 Å². The molecule has 1 aliphatic carbocycles. The Bertz CT molecular complexity index is 679. The first-order valence-corrected chi connectivity index (χ1v) is 7.11. The zero-order valence-electron chi connectivity index (χ0n) is 10.1. The van der Waals surface area contributed by atoms with Crippen LogP contribution in [-0.2, 0) is 0 Å². The lowest BCUT2D eigenvalue weighted by Gasteiger charge is -2.06. The van der Waals surface area contributed by atoms with Gasteiger partial charge in [-0.1, -0.05) is 30.3 Å². The molecule has 2 aromatic rings. The molecule has 3 heteroatoms. The first kappa shape index (κ1) is 11.2. The molecule has 0 unspecified atom stereocenters. The molecule has 0 amide bonds. The highest BCUT2D eigenvalue weighted by Gasteiger charge is 2.64. The van der Waals surface area contributed by atoms with Gasteiger partial charge < -0.3 is 0 Å². The van der Waals surface area contributed by atoms with Crippen LogP contribution in [-0.4, -0.2) is 10.5 Å². The van der Waals surface area contributed by atoms with E-state index >= 15 is 0 Å². The SMILES string of the molecule is O=C1c2ccccc2S[C@@]12C[C@@H]2c1ccc(F)cc1. The summed E-state index contributed by atoms with van der Waals surface area (Å²) in [4.78, 5) is 13.6. The maximum atomic E-state index is 13.0. The molecule has 19 heavy (non-hydrogen) atoms. The van der Waals surface area contributed by atoms with Gasteiger partial charge in [-0.05, 0) is 30.2 Å². The van der Waals surface area contributed by atoms with E-state index in [1.165, 1.54) is 12.1 Å². The lowest BCUT2D eigenvalue weighted by atomic mass is 10.0. The predicted molar refractivity (Wildman–Crippen MR) is 73.1 cm³/mol. The fourth-order valence-corrected chi connectivity index (χ4v) is 4.44. The lowest BCUT2D eigenvalue weighted by Crippen LogP contribution is -2.15. The summed E-state index contributed by atoms with van der Waals surface area (Å²) in [7, 11) is 0. The van der Waals surface area contributed by atoms with Crippen molar-refractivity contribution in [2.75, 3.05) is 0 Å². The number of ketones is 1. The van der Waals surface area contributed by atoms with Gasteiger partial charge >= 0.3 is 0 Å². The van der Waals surface area contributed by atoms with Crippen LogP contribution in [0, 0.1) is 5.82 Å². The van der Waals surface area contributed by atoms with Crippen molar-refractivity contribution in [3.05, 3.63) is 65.5 Å². The Hall–Kier alpha value is -1.61. The minimum Gasteiger partial charge on any atom is -0.293 e. The van der Waals surface area contributed by atoms with Crippen LogP contribution in [0.25, 0.3) is 0 Å². The number of hydrogen-bond donors (Lipinski definition) is 0. The van der Waals surface area contributed by atoms with E-state index in [4.69, 9.17) is 0 Å². The molecule has 94 valence electrons. The van der Waals surface area contributed by atoms with Crippen LogP contribution in [0.5, 0.6) is 0 Å². The Balaban J connectivity index is 1.70. The van der Waals surface area contributed by atoms with Crippen molar-refractivity contribution in [1.82, 2.24) is 0 Å². The van der Waals surface area contributed by atoms with E-state index in [1.807, 2.05) is 24.3 Å². The molecular formula is C16H11FOS. The normalized spacial score (nSPS) is 27.6. The molecule has 1 aliphatic heterocycles. The number of carbonyl (C=O) groups excluding carboxylic acids is 1. The van der Waals surface area contributed by atoms with Crippen molar-refractivity contribution in [2.24, 2.45) is 0 Å². The average Bonchev–Trinajstić information content (AvgIpc) is 3.07. The number of Topliss-reactive ketones (excluding diaryl/α,β-unsaturated/α-hetero) is 1. The van der Waals surface area contributed by atoms with Gasteiger partial charge in [-0.25, -0.2) is 4.39 Å². The summed E-state index contributed by atoms with van der Waals surface area (Å²) in [6.07, 6.45) is 0.858. The first-order valence-electron chi connectivity index (χ1n) is 6.29. The second-order valence-corrected chi connectivity index (χ2v) is 6.50. The molecule has 0 N–H and O–H groups in total. The third kappa shape index (κ3) is 1.51. The minimum absolute atomic E-state index is 0.220. The molecule has 0 saturated heterocycles. The number of fused-ring (bicyclic) bond motifs is 1. The van der Waals surface area contributed by atoms with Crippen molar-refractivity contribution in [3.8, 4) is 0 Å². The van der Waals surface area contributed by atoms with E-state index in [2.05, 4.69) is 0 Å². The van der Waals surface area contributed by atoms with Crippen LogP contribution >= 0.6 is 11.8 Å². The van der Waals surface area contributed by atoms with Crippen molar-refractivity contribution >= 4 is 17.5 Å². The third-order valence-corrected chi connectivity index (χ3v) is 5.57. The molecule has 2 aliphatic rings. The maximum absolute atomic E-state index is 13.0. The second-order valence-electron chi connectivity index (χ2n) is 5.13. The van der Waals surface area contributed by atoms with Crippen LogP contribution in [0.15, 0.2) is 53.4 Å². The van der Waals surface area contributed by atoms with Crippen molar-refractivity contribution in [2.45, 2.75) is 22.0 Å². The number of halogens is 1. The summed E-state index contributed by atoms with van der Waals surface area (Å²) in [6, 6.07) is 14.3. The molecule has 0 aromatic heterocycles. The molecular weight excluding hydrogens is 259 g/mol. The smallest absolute Gasteiger partial charge is 0.181 e. The highest BCUT2D eigenvalue weighted by Crippen LogP contribution is 2.67. The van der Waals surface area contributed by atoms with Crippen LogP contribution in [0.4, 0.5) is 4.39 Å². The fraction of sp³-hybridized carbons (Fsp3) is 0.188. The summed E-state index contributed by atoms with van der Waals surface area (Å²) >= 11 is 1.68. The molecule has 1 saturated carbocycles. The summed E-state index contributed by atoms with van der Waals surface area (Å²) < 4.78 is 12.6. The summed E-state index contributed by atoms with van der Waals surface area (Å²) in [5.41, 5.74) is 1.91. The van der Waals surface area contributed by atoms with Crippen molar-refractivity contribution in [1.29, 1.82) is 0 Å². The largest absolute Gasteiger partial charge is 0.293 e. The molecule has 2 aromatic carbocycles. The van der Waals surface area contributed by atoms with Gasteiger partial charge in [0.15, 0.2) is 5.78 Å². The molecule has 2 atom stereocenters. The van der Waals surface area contributed by atoms with Crippen molar-refractivity contribution in [3.63, 3.8) is 0 Å². The van der Waals surface area contributed by atoms with Gasteiger partial charge in [0.2, 0.25) is 0 Å². The van der Waals surface area contributed by atoms with Gasteiger partial charge in [-0.3, -0.25) is 4.79 Å². The molecule has 1 fully saturated rings. The maximum Gasteiger partial charge on any atom is 0.181 e. The predicted octanol–water partition coefficient (Wildman–Crippen LogP) is 4.04. The lowest BCUT2D eigenvalue weighted by molar-refractivity contribution is 0.0981. The van der Waals surface area contributed by atoms with E-state index in [0.717, 1.165) is 22.4 Å². The quantitative estimate of drug-likeness (QED) is 0.778. The highest BCUT2D eigenvalue weighted by molar-refractivity contribution is 8.02. The second kappa shape index (κ2) is 3.70. The average molecular weight is 270 g/mol. The first-order chi connectivity index (χ1) is 9.21. The summed E-state index contributed by atoms with van der Waals surface area (Å²) in [6.45, 7) is 0. The number of thioether (sulfide) groups is 1. The monoisotopic (exact) mass is 270 g/mol. The Morgan fingerprint density at radius 2 is 1.84 bits per heavy atom. The number of carbonyl (C=O) groups is 1. The van der Waals surface area contributed by atoms with Gasteiger partial charge in [-0.15, -0.1) is 11.8 Å². The third-order valence-electron chi connectivity index (χ3n) is 3.99. The van der Waals surface area contributed by atoms with E-state index in [9.17, 15) is 9.18 Å². The molecule has 1 heterocycles. The molecule has 0 radical (unpaired) electrons. The van der Waals surface area contributed by atoms with Crippen molar-refractivity contribution < 1.29 is 9.18 Å². The van der Waals surface area contributed by atoms with Gasteiger partial charge in [-0.2, -0.15) is 0 Å². The Kier molecular flexibility index (Phi) is 2.19. The van der Waals surface area contributed by atoms with E-state index in [-0.39, 0.29) is 22.3 Å². The zero-order chi connectivity index (χ0) is 13.0.